The number of hydrogen-bond acceptors (Lipinski definition) is 3. The lowest BCUT2D eigenvalue weighted by atomic mass is 9.85. The van der Waals surface area contributed by atoms with E-state index in [4.69, 9.17) is 4.74 Å². The van der Waals surface area contributed by atoms with E-state index in [0.717, 1.165) is 16.9 Å². The van der Waals surface area contributed by atoms with E-state index in [1.165, 1.54) is 32.1 Å². The number of hydrogen-bond donors (Lipinski definition) is 2. The Morgan fingerprint density at radius 3 is 2.21 bits per heavy atom. The Balaban J connectivity index is 1.85. The number of aliphatic hydroxyl groups is 1. The van der Waals surface area contributed by atoms with E-state index in [1.54, 1.807) is 7.11 Å². The van der Waals surface area contributed by atoms with Crippen LogP contribution >= 0.6 is 0 Å². The molecule has 2 aromatic carbocycles. The highest BCUT2D eigenvalue weighted by atomic mass is 16.5. The summed E-state index contributed by atoms with van der Waals surface area (Å²) in [5, 5.41) is 15.2. The summed E-state index contributed by atoms with van der Waals surface area (Å²) < 4.78 is 5.25. The summed E-state index contributed by atoms with van der Waals surface area (Å²) >= 11 is 0. The molecule has 128 valence electrons. The molecule has 1 unspecified atom stereocenters. The van der Waals surface area contributed by atoms with Gasteiger partial charge in [-0.1, -0.05) is 61.7 Å². The molecule has 0 amide bonds. The minimum absolute atomic E-state index is 0.507. The van der Waals surface area contributed by atoms with Crippen LogP contribution in [-0.4, -0.2) is 24.8 Å². The highest BCUT2D eigenvalue weighted by Gasteiger charge is 2.32. The number of benzene rings is 2. The predicted octanol–water partition coefficient (Wildman–Crippen LogP) is 3.85. The van der Waals surface area contributed by atoms with Crippen LogP contribution in [0.25, 0.3) is 0 Å². The molecule has 0 aromatic heterocycles. The van der Waals surface area contributed by atoms with Crippen LogP contribution in [-0.2, 0) is 5.60 Å². The van der Waals surface area contributed by atoms with Gasteiger partial charge in [-0.05, 0) is 36.1 Å². The first-order valence-corrected chi connectivity index (χ1v) is 8.88. The Labute approximate surface area is 144 Å². The second-order valence-corrected chi connectivity index (χ2v) is 6.67. The fraction of sp³-hybridized carbons (Fsp3) is 0.429. The van der Waals surface area contributed by atoms with Crippen LogP contribution in [0, 0.1) is 0 Å². The zero-order chi connectivity index (χ0) is 16.8. The molecule has 1 atom stereocenters. The summed E-state index contributed by atoms with van der Waals surface area (Å²) in [6, 6.07) is 18.1. The molecule has 0 saturated heterocycles. The first-order valence-electron chi connectivity index (χ1n) is 8.88. The van der Waals surface area contributed by atoms with Crippen LogP contribution in [0.1, 0.15) is 43.2 Å². The van der Waals surface area contributed by atoms with Gasteiger partial charge < -0.3 is 15.2 Å². The lowest BCUT2D eigenvalue weighted by Crippen LogP contribution is -2.44. The van der Waals surface area contributed by atoms with Gasteiger partial charge in [-0.25, -0.2) is 0 Å². The lowest BCUT2D eigenvalue weighted by molar-refractivity contribution is 0.0745. The Bertz CT molecular complexity index is 620. The fourth-order valence-corrected chi connectivity index (χ4v) is 3.55. The van der Waals surface area contributed by atoms with E-state index in [2.05, 4.69) is 5.32 Å². The van der Waals surface area contributed by atoms with Crippen LogP contribution < -0.4 is 10.1 Å². The van der Waals surface area contributed by atoms with Crippen LogP contribution in [0.5, 0.6) is 5.75 Å². The van der Waals surface area contributed by atoms with Gasteiger partial charge in [0, 0.05) is 12.6 Å². The Hall–Kier alpha value is -1.84. The molecule has 24 heavy (non-hydrogen) atoms. The number of nitrogens with one attached hydrogen (secondary N) is 1. The molecule has 3 nitrogen and oxygen atoms in total. The molecule has 2 aromatic rings. The van der Waals surface area contributed by atoms with Gasteiger partial charge in [0.2, 0.25) is 0 Å². The molecule has 3 rings (SSSR count). The molecular formula is C21H27NO2. The summed E-state index contributed by atoms with van der Waals surface area (Å²) in [5.74, 6) is 0.800. The SMILES string of the molecule is COc1ccc(C(O)(CNC2CCCCC2)c2ccccc2)cc1. The molecule has 1 aliphatic rings. The minimum Gasteiger partial charge on any atom is -0.497 e. The van der Waals surface area contributed by atoms with E-state index in [9.17, 15) is 5.11 Å². The maximum absolute atomic E-state index is 11.5. The third-order valence-corrected chi connectivity index (χ3v) is 5.07. The summed E-state index contributed by atoms with van der Waals surface area (Å²) in [6.07, 6.45) is 6.30. The first-order chi connectivity index (χ1) is 11.7. The van der Waals surface area contributed by atoms with Crippen LogP contribution in [0.2, 0.25) is 0 Å². The topological polar surface area (TPSA) is 41.5 Å². The van der Waals surface area contributed by atoms with Crippen LogP contribution in [0.3, 0.4) is 0 Å². The second kappa shape index (κ2) is 7.82. The van der Waals surface area contributed by atoms with E-state index >= 15 is 0 Å². The van der Waals surface area contributed by atoms with Gasteiger partial charge in [0.1, 0.15) is 11.4 Å². The van der Waals surface area contributed by atoms with Crippen molar-refractivity contribution in [3.63, 3.8) is 0 Å². The number of methoxy groups -OCH3 is 1. The molecule has 0 heterocycles. The quantitative estimate of drug-likeness (QED) is 0.847. The Kier molecular flexibility index (Phi) is 5.54. The molecule has 3 heteroatoms. The highest BCUT2D eigenvalue weighted by Crippen LogP contribution is 2.31. The van der Waals surface area contributed by atoms with E-state index in [-0.39, 0.29) is 0 Å². The average Bonchev–Trinajstić information content (AvgIpc) is 2.68. The van der Waals surface area contributed by atoms with Crippen LogP contribution in [0.15, 0.2) is 54.6 Å². The third kappa shape index (κ3) is 3.80. The molecule has 1 saturated carbocycles. The maximum Gasteiger partial charge on any atom is 0.127 e. The zero-order valence-corrected chi connectivity index (χ0v) is 14.4. The van der Waals surface area contributed by atoms with Gasteiger partial charge in [-0.3, -0.25) is 0 Å². The maximum atomic E-state index is 11.5. The number of ether oxygens (including phenoxy) is 1. The summed E-state index contributed by atoms with van der Waals surface area (Å²) in [6.45, 7) is 0.522. The molecule has 1 aliphatic carbocycles. The van der Waals surface area contributed by atoms with Gasteiger partial charge in [0.15, 0.2) is 0 Å². The largest absolute Gasteiger partial charge is 0.497 e. The summed E-state index contributed by atoms with van der Waals surface area (Å²) in [7, 11) is 1.66. The van der Waals surface area contributed by atoms with Crippen molar-refractivity contribution in [1.82, 2.24) is 5.32 Å². The van der Waals surface area contributed by atoms with Crippen molar-refractivity contribution in [3.8, 4) is 5.75 Å². The van der Waals surface area contributed by atoms with E-state index < -0.39 is 5.60 Å². The van der Waals surface area contributed by atoms with Gasteiger partial charge in [-0.2, -0.15) is 0 Å². The van der Waals surface area contributed by atoms with Crippen molar-refractivity contribution in [2.75, 3.05) is 13.7 Å². The summed E-state index contributed by atoms with van der Waals surface area (Å²) in [4.78, 5) is 0. The van der Waals surface area contributed by atoms with E-state index in [1.807, 2.05) is 54.6 Å². The van der Waals surface area contributed by atoms with Crippen LogP contribution in [0.4, 0.5) is 0 Å². The zero-order valence-electron chi connectivity index (χ0n) is 14.4. The monoisotopic (exact) mass is 325 g/mol. The van der Waals surface area contributed by atoms with Gasteiger partial charge in [0.25, 0.3) is 0 Å². The van der Waals surface area contributed by atoms with Crippen molar-refractivity contribution >= 4 is 0 Å². The highest BCUT2D eigenvalue weighted by molar-refractivity contribution is 5.39. The van der Waals surface area contributed by atoms with Gasteiger partial charge in [-0.15, -0.1) is 0 Å². The third-order valence-electron chi connectivity index (χ3n) is 5.07. The van der Waals surface area contributed by atoms with Crippen molar-refractivity contribution in [2.24, 2.45) is 0 Å². The first kappa shape index (κ1) is 17.0. The molecule has 0 bridgehead atoms. The molecule has 2 N–H and O–H groups in total. The van der Waals surface area contributed by atoms with Gasteiger partial charge >= 0.3 is 0 Å². The molecule has 0 aliphatic heterocycles. The number of rotatable bonds is 6. The predicted molar refractivity (Wildman–Crippen MR) is 97.3 cm³/mol. The average molecular weight is 325 g/mol. The van der Waals surface area contributed by atoms with Crippen molar-refractivity contribution in [1.29, 1.82) is 0 Å². The molecular weight excluding hydrogens is 298 g/mol. The van der Waals surface area contributed by atoms with Crippen molar-refractivity contribution < 1.29 is 9.84 Å². The normalized spacial score (nSPS) is 18.1. The summed E-state index contributed by atoms with van der Waals surface area (Å²) in [5.41, 5.74) is 0.765. The van der Waals surface area contributed by atoms with Gasteiger partial charge in [0.05, 0.1) is 7.11 Å². The van der Waals surface area contributed by atoms with E-state index in [0.29, 0.717) is 12.6 Å². The smallest absolute Gasteiger partial charge is 0.127 e. The minimum atomic E-state index is -1.04. The van der Waals surface area contributed by atoms with Crippen molar-refractivity contribution in [3.05, 3.63) is 65.7 Å². The Morgan fingerprint density at radius 2 is 1.58 bits per heavy atom. The molecule has 0 radical (unpaired) electrons. The second-order valence-electron chi connectivity index (χ2n) is 6.67. The molecule has 0 spiro atoms. The Morgan fingerprint density at radius 1 is 0.958 bits per heavy atom. The van der Waals surface area contributed by atoms with Crippen molar-refractivity contribution in [2.45, 2.75) is 43.7 Å². The standard InChI is InChI=1S/C21H27NO2/c1-24-20-14-12-18(13-15-20)21(23,17-8-4-2-5-9-17)16-22-19-10-6-3-7-11-19/h2,4-5,8-9,12-15,19,22-23H,3,6-7,10-11,16H2,1H3. The fourth-order valence-electron chi connectivity index (χ4n) is 3.55. The molecule has 1 fully saturated rings. The lowest BCUT2D eigenvalue weighted by Gasteiger charge is -2.33.